The summed E-state index contributed by atoms with van der Waals surface area (Å²) in [7, 11) is 0. The molecule has 1 nitrogen and oxygen atoms in total. The minimum atomic E-state index is -4.01. The Morgan fingerprint density at radius 1 is 0.968 bits per heavy atom. The van der Waals surface area contributed by atoms with Gasteiger partial charge in [-0.2, -0.15) is 13.2 Å². The van der Waals surface area contributed by atoms with Gasteiger partial charge in [-0.25, -0.2) is 0 Å². The molecule has 31 heavy (non-hydrogen) atoms. The molecule has 0 amide bonds. The maximum atomic E-state index is 12.9. The topological polar surface area (TPSA) is 12.9 Å². The van der Waals surface area contributed by atoms with Gasteiger partial charge in [0.15, 0.2) is 0 Å². The Bertz CT molecular complexity index is 776. The van der Waals surface area contributed by atoms with Gasteiger partial charge in [-0.3, -0.25) is 4.98 Å². The van der Waals surface area contributed by atoms with Crippen LogP contribution in [0.5, 0.6) is 0 Å². The standard InChI is InChI=1S/C27H38F3N/c1-25-13-11-24-22(23(25)8-6-20(25)10-14-27(28,29)30)7-5-21-16-18(9-12-26(21,24)2)19-4-3-15-31-17-19/h3-4,15,17-18,20-24H,5-14,16H2,1-2H3. The Balaban J connectivity index is 1.30. The van der Waals surface area contributed by atoms with Gasteiger partial charge in [-0.15, -0.1) is 0 Å². The van der Waals surface area contributed by atoms with Crippen LogP contribution in [-0.4, -0.2) is 11.2 Å². The smallest absolute Gasteiger partial charge is 0.264 e. The number of fused-ring (bicyclic) bond motifs is 5. The van der Waals surface area contributed by atoms with Gasteiger partial charge in [-0.1, -0.05) is 19.9 Å². The van der Waals surface area contributed by atoms with Gasteiger partial charge in [-0.05, 0) is 122 Å². The molecule has 1 aromatic rings. The second kappa shape index (κ2) is 7.76. The lowest BCUT2D eigenvalue weighted by atomic mass is 9.44. The molecule has 0 aromatic carbocycles. The lowest BCUT2D eigenvalue weighted by Crippen LogP contribution is -2.53. The van der Waals surface area contributed by atoms with Gasteiger partial charge in [0.25, 0.3) is 0 Å². The highest BCUT2D eigenvalue weighted by molar-refractivity contribution is 5.18. The number of hydrogen-bond acceptors (Lipinski definition) is 1. The number of pyridine rings is 1. The van der Waals surface area contributed by atoms with E-state index in [-0.39, 0.29) is 11.3 Å². The first kappa shape index (κ1) is 21.8. The summed E-state index contributed by atoms with van der Waals surface area (Å²) in [5, 5.41) is 0. The van der Waals surface area contributed by atoms with E-state index >= 15 is 0 Å². The van der Waals surface area contributed by atoms with Gasteiger partial charge in [0.1, 0.15) is 0 Å². The summed E-state index contributed by atoms with van der Waals surface area (Å²) in [6, 6.07) is 4.31. The van der Waals surface area contributed by atoms with Crippen LogP contribution in [0.25, 0.3) is 0 Å². The molecule has 0 bridgehead atoms. The van der Waals surface area contributed by atoms with Crippen molar-refractivity contribution in [3.8, 4) is 0 Å². The second-order valence-electron chi connectivity index (χ2n) is 11.9. The van der Waals surface area contributed by atoms with E-state index in [4.69, 9.17) is 0 Å². The zero-order valence-electron chi connectivity index (χ0n) is 19.1. The number of rotatable bonds is 3. The number of aromatic nitrogens is 1. The van der Waals surface area contributed by atoms with E-state index in [9.17, 15) is 13.2 Å². The van der Waals surface area contributed by atoms with Crippen LogP contribution in [0, 0.1) is 40.4 Å². The first-order valence-electron chi connectivity index (χ1n) is 12.7. The molecule has 0 N–H and O–H groups in total. The van der Waals surface area contributed by atoms with Crippen molar-refractivity contribution in [2.24, 2.45) is 40.4 Å². The van der Waals surface area contributed by atoms with Crippen LogP contribution in [0.2, 0.25) is 0 Å². The van der Waals surface area contributed by atoms with Crippen LogP contribution < -0.4 is 0 Å². The van der Waals surface area contributed by atoms with E-state index in [1.54, 1.807) is 0 Å². The second-order valence-corrected chi connectivity index (χ2v) is 11.9. The summed E-state index contributed by atoms with van der Waals surface area (Å²) in [5.41, 5.74) is 1.97. The van der Waals surface area contributed by atoms with Crippen molar-refractivity contribution in [2.75, 3.05) is 0 Å². The van der Waals surface area contributed by atoms with Crippen LogP contribution in [0.15, 0.2) is 24.5 Å². The molecule has 4 saturated carbocycles. The molecule has 4 aliphatic carbocycles. The molecule has 4 fully saturated rings. The quantitative estimate of drug-likeness (QED) is 0.468. The molecular formula is C27H38F3N. The van der Waals surface area contributed by atoms with Crippen LogP contribution in [0.4, 0.5) is 13.2 Å². The molecule has 0 aliphatic heterocycles. The molecule has 0 radical (unpaired) electrons. The number of alkyl halides is 3. The van der Waals surface area contributed by atoms with E-state index in [0.29, 0.717) is 23.7 Å². The third-order valence-electron chi connectivity index (χ3n) is 10.8. The lowest BCUT2D eigenvalue weighted by molar-refractivity contribution is -0.144. The molecule has 4 aliphatic rings. The maximum Gasteiger partial charge on any atom is 0.389 e. The molecule has 8 atom stereocenters. The Morgan fingerprint density at radius 3 is 2.48 bits per heavy atom. The minimum absolute atomic E-state index is 0.141. The zero-order valence-corrected chi connectivity index (χ0v) is 19.1. The highest BCUT2D eigenvalue weighted by atomic mass is 19.4. The third-order valence-corrected chi connectivity index (χ3v) is 10.8. The van der Waals surface area contributed by atoms with Crippen LogP contribution >= 0.6 is 0 Å². The normalized spacial score (nSPS) is 44.9. The fourth-order valence-electron chi connectivity index (χ4n) is 9.10. The fraction of sp³-hybridized carbons (Fsp3) is 0.815. The summed E-state index contributed by atoms with van der Waals surface area (Å²) in [4.78, 5) is 4.36. The minimum Gasteiger partial charge on any atom is -0.264 e. The van der Waals surface area contributed by atoms with Crippen molar-refractivity contribution in [3.63, 3.8) is 0 Å². The molecule has 4 heteroatoms. The number of nitrogens with zero attached hydrogens (tertiary/aromatic N) is 1. The Morgan fingerprint density at radius 2 is 1.74 bits per heavy atom. The highest BCUT2D eigenvalue weighted by Gasteiger charge is 2.60. The van der Waals surface area contributed by atoms with E-state index in [1.807, 2.05) is 6.20 Å². The van der Waals surface area contributed by atoms with Crippen molar-refractivity contribution in [3.05, 3.63) is 30.1 Å². The Hall–Kier alpha value is -1.06. The van der Waals surface area contributed by atoms with Gasteiger partial charge in [0.05, 0.1) is 0 Å². The van der Waals surface area contributed by atoms with Gasteiger partial charge >= 0.3 is 6.18 Å². The molecular weight excluding hydrogens is 395 g/mol. The molecule has 0 spiro atoms. The molecule has 172 valence electrons. The number of hydrogen-bond donors (Lipinski definition) is 0. The molecule has 0 saturated heterocycles. The van der Waals surface area contributed by atoms with E-state index in [1.165, 1.54) is 50.5 Å². The summed E-state index contributed by atoms with van der Waals surface area (Å²) in [6.07, 6.45) is 10.7. The van der Waals surface area contributed by atoms with Gasteiger partial charge in [0, 0.05) is 18.8 Å². The first-order chi connectivity index (χ1) is 14.7. The molecule has 8 unspecified atom stereocenters. The predicted molar refractivity (Wildman–Crippen MR) is 117 cm³/mol. The summed E-state index contributed by atoms with van der Waals surface area (Å²) >= 11 is 0. The van der Waals surface area contributed by atoms with E-state index in [2.05, 4.69) is 37.2 Å². The van der Waals surface area contributed by atoms with Gasteiger partial charge in [0.2, 0.25) is 0 Å². The third kappa shape index (κ3) is 3.74. The highest BCUT2D eigenvalue weighted by Crippen LogP contribution is 2.68. The van der Waals surface area contributed by atoms with Crippen LogP contribution in [0.1, 0.15) is 96.0 Å². The van der Waals surface area contributed by atoms with Crippen molar-refractivity contribution >= 4 is 0 Å². The monoisotopic (exact) mass is 433 g/mol. The van der Waals surface area contributed by atoms with Crippen LogP contribution in [-0.2, 0) is 0 Å². The molecule has 1 aromatic heterocycles. The average Bonchev–Trinajstić information content (AvgIpc) is 3.08. The largest absolute Gasteiger partial charge is 0.389 e. The summed E-state index contributed by atoms with van der Waals surface area (Å²) in [6.45, 7) is 4.93. The van der Waals surface area contributed by atoms with E-state index < -0.39 is 12.6 Å². The first-order valence-corrected chi connectivity index (χ1v) is 12.7. The average molecular weight is 434 g/mol. The molecule has 1 heterocycles. The Kier molecular flexibility index (Phi) is 5.45. The van der Waals surface area contributed by atoms with Crippen molar-refractivity contribution in [1.29, 1.82) is 0 Å². The van der Waals surface area contributed by atoms with Crippen molar-refractivity contribution in [2.45, 2.75) is 96.6 Å². The zero-order chi connectivity index (χ0) is 21.9. The maximum absolute atomic E-state index is 12.9. The molecule has 5 rings (SSSR count). The fourth-order valence-corrected chi connectivity index (χ4v) is 9.10. The lowest BCUT2D eigenvalue weighted by Gasteiger charge is -2.61. The summed E-state index contributed by atoms with van der Waals surface area (Å²) < 4.78 is 38.7. The summed E-state index contributed by atoms with van der Waals surface area (Å²) in [5.74, 6) is 3.88. The van der Waals surface area contributed by atoms with Crippen molar-refractivity contribution < 1.29 is 13.2 Å². The van der Waals surface area contributed by atoms with E-state index in [0.717, 1.165) is 30.6 Å². The Labute approximate surface area is 185 Å². The predicted octanol–water partition coefficient (Wildman–Crippen LogP) is 8.17. The SMILES string of the molecule is CC12CCC3C(CCC4CC(c5cccnc5)CCC43C)C1CCC2CCC(F)(F)F. The van der Waals surface area contributed by atoms with Crippen LogP contribution in [0.3, 0.4) is 0 Å². The number of halogens is 3. The van der Waals surface area contributed by atoms with Gasteiger partial charge < -0.3 is 0 Å². The van der Waals surface area contributed by atoms with Crippen molar-refractivity contribution in [1.82, 2.24) is 4.98 Å².